The maximum Gasteiger partial charge on any atom is 0.328 e. The summed E-state index contributed by atoms with van der Waals surface area (Å²) in [4.78, 5) is 43.8. The topological polar surface area (TPSA) is 78.8 Å². The van der Waals surface area contributed by atoms with Crippen LogP contribution in [-0.2, 0) is 16.6 Å². The number of urea groups is 1. The van der Waals surface area contributed by atoms with E-state index >= 15 is 0 Å². The molecule has 0 spiro atoms. The van der Waals surface area contributed by atoms with Gasteiger partial charge in [-0.1, -0.05) is 6.42 Å². The third-order valence-corrected chi connectivity index (χ3v) is 6.56. The number of carbonyl (C=O) groups excluding carboxylic acids is 3. The number of hydrogen-bond acceptors (Lipinski definition) is 4. The van der Waals surface area contributed by atoms with Crippen LogP contribution in [0.3, 0.4) is 0 Å². The second-order valence-electron chi connectivity index (χ2n) is 7.96. The average Bonchev–Trinajstić information content (AvgIpc) is 3.34. The lowest BCUT2D eigenvalue weighted by Crippen LogP contribution is -2.55. The molecule has 0 N–H and O–H groups in total. The van der Waals surface area contributed by atoms with Gasteiger partial charge >= 0.3 is 6.03 Å². The van der Waals surface area contributed by atoms with E-state index in [0.717, 1.165) is 31.4 Å². The molecule has 0 aromatic carbocycles. The van der Waals surface area contributed by atoms with Crippen molar-refractivity contribution in [2.45, 2.75) is 44.2 Å². The Bertz CT molecular complexity index is 790. The van der Waals surface area contributed by atoms with Gasteiger partial charge in [-0.25, -0.2) is 9.69 Å². The third-order valence-electron chi connectivity index (χ3n) is 6.56. The number of amides is 4. The first-order valence-electron chi connectivity index (χ1n) is 9.50. The molecule has 26 heavy (non-hydrogen) atoms. The smallest absolute Gasteiger partial charge is 0.312 e. The zero-order chi connectivity index (χ0) is 18.0. The van der Waals surface area contributed by atoms with E-state index in [-0.39, 0.29) is 29.8 Å². The van der Waals surface area contributed by atoms with E-state index in [2.05, 4.69) is 5.10 Å². The second kappa shape index (κ2) is 5.56. The van der Waals surface area contributed by atoms with Crippen molar-refractivity contribution in [3.05, 3.63) is 12.4 Å². The summed E-state index contributed by atoms with van der Waals surface area (Å²) in [6, 6.07) is -1.29. The monoisotopic (exact) mass is 357 g/mol. The number of fused-ring (bicyclic) bond motifs is 3. The van der Waals surface area contributed by atoms with E-state index in [1.807, 2.05) is 0 Å². The minimum atomic E-state index is -0.686. The largest absolute Gasteiger partial charge is 0.328 e. The fourth-order valence-corrected chi connectivity index (χ4v) is 5.38. The highest BCUT2D eigenvalue weighted by Crippen LogP contribution is 2.46. The van der Waals surface area contributed by atoms with Gasteiger partial charge in [0.05, 0.1) is 11.9 Å². The summed E-state index contributed by atoms with van der Waals surface area (Å²) in [6.07, 6.45) is 8.00. The van der Waals surface area contributed by atoms with Crippen molar-refractivity contribution in [3.63, 3.8) is 0 Å². The van der Waals surface area contributed by atoms with Gasteiger partial charge in [-0.05, 0) is 37.5 Å². The van der Waals surface area contributed by atoms with Crippen molar-refractivity contribution in [1.82, 2.24) is 19.6 Å². The lowest BCUT2D eigenvalue weighted by Gasteiger charge is -2.35. The molecule has 8 nitrogen and oxygen atoms in total. The molecule has 5 rings (SSSR count). The highest BCUT2D eigenvalue weighted by Gasteiger charge is 2.59. The Morgan fingerprint density at radius 2 is 1.92 bits per heavy atom. The number of imide groups is 1. The van der Waals surface area contributed by atoms with Crippen LogP contribution in [0, 0.1) is 11.8 Å². The fraction of sp³-hybridized carbons (Fsp3) is 0.667. The van der Waals surface area contributed by atoms with Crippen molar-refractivity contribution >= 4 is 23.5 Å². The maximum absolute atomic E-state index is 13.1. The maximum atomic E-state index is 13.1. The molecule has 8 heteroatoms. The van der Waals surface area contributed by atoms with Crippen LogP contribution in [0.4, 0.5) is 10.5 Å². The standard InChI is InChI=1S/C18H23N5O3/c1-20-10-12(8-19-20)21-7-3-6-14(16(21)24)23-17(25)15-13-5-2-4-11(13)9-22(15)18(23)26/h8,10-11,13-15H,2-7,9H2,1H3/t11-,13-,14?,15+/m1/s1. The average molecular weight is 357 g/mol. The molecule has 4 aliphatic rings. The number of rotatable bonds is 2. The Labute approximate surface area is 151 Å². The molecule has 4 atom stereocenters. The Kier molecular flexibility index (Phi) is 3.39. The third kappa shape index (κ3) is 2.07. The lowest BCUT2D eigenvalue weighted by atomic mass is 9.93. The molecular formula is C18H23N5O3. The van der Waals surface area contributed by atoms with Crippen LogP contribution in [0.1, 0.15) is 32.1 Å². The summed E-state index contributed by atoms with van der Waals surface area (Å²) in [7, 11) is 1.80. The molecule has 1 aromatic heterocycles. The van der Waals surface area contributed by atoms with Crippen molar-refractivity contribution in [1.29, 1.82) is 0 Å². The summed E-state index contributed by atoms with van der Waals surface area (Å²) >= 11 is 0. The molecule has 0 bridgehead atoms. The minimum absolute atomic E-state index is 0.157. The second-order valence-corrected chi connectivity index (χ2v) is 7.96. The first-order valence-corrected chi connectivity index (χ1v) is 9.50. The zero-order valence-electron chi connectivity index (χ0n) is 14.9. The predicted octanol–water partition coefficient (Wildman–Crippen LogP) is 0.978. The van der Waals surface area contributed by atoms with Gasteiger partial charge in [0.2, 0.25) is 5.91 Å². The number of piperidine rings is 1. The van der Waals surface area contributed by atoms with Crippen LogP contribution in [0.5, 0.6) is 0 Å². The lowest BCUT2D eigenvalue weighted by molar-refractivity contribution is -0.136. The van der Waals surface area contributed by atoms with E-state index in [0.29, 0.717) is 25.4 Å². The molecule has 3 saturated heterocycles. The molecule has 1 saturated carbocycles. The predicted molar refractivity (Wildman–Crippen MR) is 92.2 cm³/mol. The summed E-state index contributed by atoms with van der Waals surface area (Å²) in [5.74, 6) is 0.416. The van der Waals surface area contributed by atoms with Gasteiger partial charge in [-0.15, -0.1) is 0 Å². The van der Waals surface area contributed by atoms with Crippen LogP contribution < -0.4 is 4.90 Å². The number of aromatic nitrogens is 2. The molecule has 0 radical (unpaired) electrons. The van der Waals surface area contributed by atoms with Crippen LogP contribution in [0.25, 0.3) is 0 Å². The van der Waals surface area contributed by atoms with Gasteiger partial charge in [0.1, 0.15) is 12.1 Å². The molecule has 1 aromatic rings. The summed E-state index contributed by atoms with van der Waals surface area (Å²) in [5.41, 5.74) is 0.720. The summed E-state index contributed by atoms with van der Waals surface area (Å²) in [6.45, 7) is 1.26. The van der Waals surface area contributed by atoms with E-state index in [9.17, 15) is 14.4 Å². The SMILES string of the molecule is Cn1cc(N2CCCC(N3C(=O)[C@@H]4[C@@H]5CCC[C@@H]5CN4C3=O)C2=O)cn1. The molecule has 1 unspecified atom stereocenters. The Morgan fingerprint density at radius 1 is 1.08 bits per heavy atom. The molecule has 138 valence electrons. The highest BCUT2D eigenvalue weighted by molar-refractivity contribution is 6.10. The Hall–Kier alpha value is -2.38. The first-order chi connectivity index (χ1) is 12.6. The van der Waals surface area contributed by atoms with E-state index < -0.39 is 6.04 Å². The van der Waals surface area contributed by atoms with Crippen LogP contribution in [0.2, 0.25) is 0 Å². The first kappa shape index (κ1) is 15.8. The molecule has 1 aliphatic carbocycles. The van der Waals surface area contributed by atoms with Gasteiger partial charge in [0.25, 0.3) is 5.91 Å². The van der Waals surface area contributed by atoms with Gasteiger partial charge in [-0.2, -0.15) is 5.10 Å². The Morgan fingerprint density at radius 3 is 2.69 bits per heavy atom. The summed E-state index contributed by atoms with van der Waals surface area (Å²) < 4.78 is 1.65. The van der Waals surface area contributed by atoms with E-state index in [4.69, 9.17) is 0 Å². The quantitative estimate of drug-likeness (QED) is 0.739. The highest BCUT2D eigenvalue weighted by atomic mass is 16.2. The number of hydrogen-bond donors (Lipinski definition) is 0. The minimum Gasteiger partial charge on any atom is -0.312 e. The fourth-order valence-electron chi connectivity index (χ4n) is 5.38. The number of anilines is 1. The van der Waals surface area contributed by atoms with E-state index in [1.165, 1.54) is 4.90 Å². The van der Waals surface area contributed by atoms with Crippen LogP contribution >= 0.6 is 0 Å². The van der Waals surface area contributed by atoms with Gasteiger partial charge in [0.15, 0.2) is 0 Å². The molecule has 4 amide bonds. The zero-order valence-corrected chi connectivity index (χ0v) is 14.9. The van der Waals surface area contributed by atoms with Crippen molar-refractivity contribution in [2.24, 2.45) is 18.9 Å². The summed E-state index contributed by atoms with van der Waals surface area (Å²) in [5, 5.41) is 4.13. The van der Waals surface area contributed by atoms with Gasteiger partial charge < -0.3 is 9.80 Å². The normalized spacial score (nSPS) is 34.0. The van der Waals surface area contributed by atoms with Gasteiger partial charge in [-0.3, -0.25) is 14.3 Å². The van der Waals surface area contributed by atoms with Crippen LogP contribution in [0.15, 0.2) is 12.4 Å². The van der Waals surface area contributed by atoms with Crippen LogP contribution in [-0.4, -0.2) is 62.6 Å². The molecule has 4 heterocycles. The number of nitrogens with zero attached hydrogens (tertiary/aromatic N) is 5. The number of aryl methyl sites for hydroxylation is 1. The molecule has 3 aliphatic heterocycles. The van der Waals surface area contributed by atoms with Gasteiger partial charge in [0, 0.05) is 26.3 Å². The van der Waals surface area contributed by atoms with Crippen molar-refractivity contribution < 1.29 is 14.4 Å². The molecular weight excluding hydrogens is 334 g/mol. The van der Waals surface area contributed by atoms with Crippen molar-refractivity contribution in [2.75, 3.05) is 18.0 Å². The van der Waals surface area contributed by atoms with E-state index in [1.54, 1.807) is 33.9 Å². The number of carbonyl (C=O) groups is 3. The Balaban J connectivity index is 1.42. The van der Waals surface area contributed by atoms with Crippen molar-refractivity contribution in [3.8, 4) is 0 Å². The molecule has 4 fully saturated rings.